The van der Waals surface area contributed by atoms with Crippen LogP contribution in [0.4, 0.5) is 5.82 Å². The van der Waals surface area contributed by atoms with Crippen molar-refractivity contribution < 1.29 is 0 Å². The van der Waals surface area contributed by atoms with Gasteiger partial charge in [-0.1, -0.05) is 17.7 Å². The van der Waals surface area contributed by atoms with Gasteiger partial charge in [-0.05, 0) is 24.6 Å². The Hall–Kier alpha value is -1.48. The fourth-order valence-corrected chi connectivity index (χ4v) is 1.42. The van der Waals surface area contributed by atoms with Crippen LogP contribution >= 0.6 is 11.6 Å². The van der Waals surface area contributed by atoms with Crippen LogP contribution in [0.15, 0.2) is 30.5 Å². The highest BCUT2D eigenvalue weighted by Crippen LogP contribution is 2.20. The Kier molecular flexibility index (Phi) is 2.17. The predicted octanol–water partition coefficient (Wildman–Crippen LogP) is 2.42. The lowest BCUT2D eigenvalue weighted by molar-refractivity contribution is 0.891. The van der Waals surface area contributed by atoms with E-state index in [9.17, 15) is 0 Å². The third-order valence-electron chi connectivity index (χ3n) is 2.07. The number of hydrogen-bond donors (Lipinski definition) is 1. The van der Waals surface area contributed by atoms with Crippen molar-refractivity contribution in [2.75, 3.05) is 5.73 Å². The number of hydrogen-bond acceptors (Lipinski definition) is 2. The van der Waals surface area contributed by atoms with Gasteiger partial charge in [-0.25, -0.2) is 4.68 Å². The van der Waals surface area contributed by atoms with E-state index in [-0.39, 0.29) is 0 Å². The molecule has 0 saturated carbocycles. The molecule has 2 aromatic rings. The van der Waals surface area contributed by atoms with Gasteiger partial charge in [0.15, 0.2) is 0 Å². The molecule has 0 spiro atoms. The quantitative estimate of drug-likeness (QED) is 0.781. The minimum absolute atomic E-state index is 0.602. The van der Waals surface area contributed by atoms with Crippen molar-refractivity contribution in [3.05, 3.63) is 41.0 Å². The zero-order valence-electron chi connectivity index (χ0n) is 7.74. The molecule has 1 aromatic heterocycles. The van der Waals surface area contributed by atoms with Crippen molar-refractivity contribution in [3.8, 4) is 5.69 Å². The summed E-state index contributed by atoms with van der Waals surface area (Å²) in [4.78, 5) is 0. The molecule has 0 fully saturated rings. The lowest BCUT2D eigenvalue weighted by Crippen LogP contribution is -2.01. The van der Waals surface area contributed by atoms with E-state index < -0.39 is 0 Å². The van der Waals surface area contributed by atoms with Crippen LogP contribution in [0, 0.1) is 6.92 Å². The maximum atomic E-state index is 6.00. The summed E-state index contributed by atoms with van der Waals surface area (Å²) in [5.74, 6) is 0.602. The first-order chi connectivity index (χ1) is 6.68. The number of nitrogen functional groups attached to an aromatic ring is 1. The monoisotopic (exact) mass is 207 g/mol. The third-order valence-corrected chi connectivity index (χ3v) is 2.48. The van der Waals surface area contributed by atoms with Crippen molar-refractivity contribution >= 4 is 17.4 Å². The highest BCUT2D eigenvalue weighted by atomic mass is 35.5. The first-order valence-corrected chi connectivity index (χ1v) is 4.62. The Morgan fingerprint density at radius 3 is 2.71 bits per heavy atom. The first kappa shape index (κ1) is 9.09. The van der Waals surface area contributed by atoms with E-state index in [0.717, 1.165) is 16.3 Å². The molecule has 14 heavy (non-hydrogen) atoms. The Morgan fingerprint density at radius 2 is 2.14 bits per heavy atom. The molecular weight excluding hydrogens is 198 g/mol. The zero-order chi connectivity index (χ0) is 10.1. The van der Waals surface area contributed by atoms with Gasteiger partial charge in [-0.2, -0.15) is 5.10 Å². The standard InChI is InChI=1S/C10H10ClN3/c1-7-2-3-8(6-9(7)11)14-10(12)4-5-13-14/h2-6H,12H2,1H3. The lowest BCUT2D eigenvalue weighted by atomic mass is 10.2. The number of nitrogens with zero attached hydrogens (tertiary/aromatic N) is 2. The smallest absolute Gasteiger partial charge is 0.127 e. The average Bonchev–Trinajstić information content (AvgIpc) is 2.57. The molecular formula is C10H10ClN3. The molecule has 1 heterocycles. The van der Waals surface area contributed by atoms with Crippen molar-refractivity contribution in [2.45, 2.75) is 6.92 Å². The number of anilines is 1. The molecule has 1 aromatic carbocycles. The summed E-state index contributed by atoms with van der Waals surface area (Å²) in [5, 5.41) is 4.81. The van der Waals surface area contributed by atoms with Crippen molar-refractivity contribution in [2.24, 2.45) is 0 Å². The average molecular weight is 208 g/mol. The summed E-state index contributed by atoms with van der Waals surface area (Å²) in [5.41, 5.74) is 7.64. The molecule has 3 nitrogen and oxygen atoms in total. The molecule has 0 saturated heterocycles. The maximum Gasteiger partial charge on any atom is 0.127 e. The molecule has 0 aliphatic carbocycles. The van der Waals surface area contributed by atoms with E-state index in [1.807, 2.05) is 25.1 Å². The predicted molar refractivity (Wildman–Crippen MR) is 57.7 cm³/mol. The fraction of sp³-hybridized carbons (Fsp3) is 0.100. The van der Waals surface area contributed by atoms with Crippen molar-refractivity contribution in [3.63, 3.8) is 0 Å². The van der Waals surface area contributed by atoms with Gasteiger partial charge in [-0.3, -0.25) is 0 Å². The summed E-state index contributed by atoms with van der Waals surface area (Å²) < 4.78 is 1.64. The van der Waals surface area contributed by atoms with Crippen LogP contribution in [0.25, 0.3) is 5.69 Å². The molecule has 72 valence electrons. The second-order valence-electron chi connectivity index (χ2n) is 3.10. The largest absolute Gasteiger partial charge is 0.384 e. The molecule has 0 aliphatic rings. The van der Waals surface area contributed by atoms with E-state index in [4.69, 9.17) is 17.3 Å². The zero-order valence-corrected chi connectivity index (χ0v) is 8.49. The van der Waals surface area contributed by atoms with Crippen LogP contribution in [-0.4, -0.2) is 9.78 Å². The van der Waals surface area contributed by atoms with Gasteiger partial charge < -0.3 is 5.73 Å². The SMILES string of the molecule is Cc1ccc(-n2nccc2N)cc1Cl. The highest BCUT2D eigenvalue weighted by molar-refractivity contribution is 6.31. The topological polar surface area (TPSA) is 43.8 Å². The summed E-state index contributed by atoms with van der Waals surface area (Å²) in [6.45, 7) is 1.96. The van der Waals surface area contributed by atoms with Gasteiger partial charge in [0.05, 0.1) is 11.9 Å². The van der Waals surface area contributed by atoms with E-state index in [1.165, 1.54) is 0 Å². The molecule has 2 N–H and O–H groups in total. The number of nitrogens with two attached hydrogens (primary N) is 1. The molecule has 0 unspecified atom stereocenters. The van der Waals surface area contributed by atoms with Gasteiger partial charge in [0.25, 0.3) is 0 Å². The van der Waals surface area contributed by atoms with Gasteiger partial charge >= 0.3 is 0 Å². The molecule has 4 heteroatoms. The van der Waals surface area contributed by atoms with Crippen LogP contribution in [0.1, 0.15) is 5.56 Å². The van der Waals surface area contributed by atoms with E-state index in [0.29, 0.717) is 5.82 Å². The van der Waals surface area contributed by atoms with Crippen LogP contribution in [0.5, 0.6) is 0 Å². The van der Waals surface area contributed by atoms with E-state index in [2.05, 4.69) is 5.10 Å². The van der Waals surface area contributed by atoms with Crippen LogP contribution in [0.2, 0.25) is 5.02 Å². The Labute approximate surface area is 87.1 Å². The third kappa shape index (κ3) is 1.46. The maximum absolute atomic E-state index is 6.00. The summed E-state index contributed by atoms with van der Waals surface area (Å²) in [6.07, 6.45) is 1.66. The van der Waals surface area contributed by atoms with Crippen molar-refractivity contribution in [1.82, 2.24) is 9.78 Å². The van der Waals surface area contributed by atoms with Crippen LogP contribution in [0.3, 0.4) is 0 Å². The molecule has 0 radical (unpaired) electrons. The van der Waals surface area contributed by atoms with Crippen molar-refractivity contribution in [1.29, 1.82) is 0 Å². The van der Waals surface area contributed by atoms with Gasteiger partial charge in [-0.15, -0.1) is 0 Å². The van der Waals surface area contributed by atoms with Gasteiger partial charge in [0.1, 0.15) is 5.82 Å². The molecule has 0 aliphatic heterocycles. The number of aryl methyl sites for hydroxylation is 1. The Morgan fingerprint density at radius 1 is 1.36 bits per heavy atom. The highest BCUT2D eigenvalue weighted by Gasteiger charge is 2.02. The minimum Gasteiger partial charge on any atom is -0.384 e. The minimum atomic E-state index is 0.602. The van der Waals surface area contributed by atoms with Crippen LogP contribution in [-0.2, 0) is 0 Å². The number of rotatable bonds is 1. The molecule has 0 amide bonds. The number of benzene rings is 1. The summed E-state index contributed by atoms with van der Waals surface area (Å²) in [7, 11) is 0. The molecule has 0 bridgehead atoms. The lowest BCUT2D eigenvalue weighted by Gasteiger charge is -2.05. The van der Waals surface area contributed by atoms with E-state index in [1.54, 1.807) is 16.9 Å². The summed E-state index contributed by atoms with van der Waals surface area (Å²) in [6, 6.07) is 7.47. The Balaban J connectivity index is 2.53. The first-order valence-electron chi connectivity index (χ1n) is 4.24. The number of halogens is 1. The fourth-order valence-electron chi connectivity index (χ4n) is 1.24. The number of aromatic nitrogens is 2. The van der Waals surface area contributed by atoms with Gasteiger partial charge in [0, 0.05) is 11.1 Å². The van der Waals surface area contributed by atoms with Gasteiger partial charge in [0.2, 0.25) is 0 Å². The molecule has 0 atom stereocenters. The summed E-state index contributed by atoms with van der Waals surface area (Å²) >= 11 is 6.00. The van der Waals surface area contributed by atoms with Crippen LogP contribution < -0.4 is 5.73 Å². The second kappa shape index (κ2) is 3.35. The normalized spacial score (nSPS) is 10.4. The molecule has 2 rings (SSSR count). The second-order valence-corrected chi connectivity index (χ2v) is 3.51. The van der Waals surface area contributed by atoms with E-state index >= 15 is 0 Å². The Bertz CT molecular complexity index is 462.